The van der Waals surface area contributed by atoms with Crippen molar-refractivity contribution in [2.75, 3.05) is 10.8 Å². The molecule has 0 aliphatic rings. The normalized spacial score (nSPS) is 11.7. The summed E-state index contributed by atoms with van der Waals surface area (Å²) in [5.41, 5.74) is 5.03. The monoisotopic (exact) mass is 514 g/mol. The molecule has 0 unspecified atom stereocenters. The van der Waals surface area contributed by atoms with Crippen molar-refractivity contribution in [3.05, 3.63) is 98.6 Å². The van der Waals surface area contributed by atoms with Gasteiger partial charge in [0.05, 0.1) is 21.2 Å². The molecule has 0 aliphatic heterocycles. The van der Waals surface area contributed by atoms with Gasteiger partial charge in [-0.25, -0.2) is 13.8 Å². The van der Waals surface area contributed by atoms with Gasteiger partial charge in [-0.2, -0.15) is 5.10 Å². The molecule has 0 heterocycles. The molecule has 35 heavy (non-hydrogen) atoms. The number of nitrogens with zero attached hydrogens (tertiary/aromatic N) is 3. The zero-order valence-corrected chi connectivity index (χ0v) is 20.8. The number of nitro groups is 1. The highest BCUT2D eigenvalue weighted by Gasteiger charge is 2.28. The standard InChI is InChI=1S/C24H23ClN4O5S/c1-16-4-11-22(12-5-16)35(33,34)28(23-13-8-20(25)14-17(23)2)15-24(30)27-26-18(3)19-6-9-21(10-7-19)29(31)32/h4-14H,15H2,1-3H3,(H,27,30)/b26-18-. The largest absolute Gasteiger partial charge is 0.271 e. The van der Waals surface area contributed by atoms with Crippen LogP contribution >= 0.6 is 11.6 Å². The predicted molar refractivity (Wildman–Crippen MR) is 135 cm³/mol. The Hall–Kier alpha value is -3.76. The Morgan fingerprint density at radius 3 is 2.26 bits per heavy atom. The molecule has 0 spiro atoms. The van der Waals surface area contributed by atoms with E-state index >= 15 is 0 Å². The van der Waals surface area contributed by atoms with E-state index in [4.69, 9.17) is 11.6 Å². The topological polar surface area (TPSA) is 122 Å². The SMILES string of the molecule is C/C(=N/NC(=O)CN(c1ccc(Cl)cc1C)S(=O)(=O)c1ccc(C)cc1)c1ccc([N+](=O)[O-])cc1. The number of hydrogen-bond acceptors (Lipinski definition) is 6. The molecule has 182 valence electrons. The molecule has 0 aromatic heterocycles. The number of hydrazone groups is 1. The molecule has 0 saturated carbocycles. The van der Waals surface area contributed by atoms with Gasteiger partial charge in [0.15, 0.2) is 0 Å². The molecule has 9 nitrogen and oxygen atoms in total. The van der Waals surface area contributed by atoms with Gasteiger partial charge in [0.1, 0.15) is 6.54 Å². The minimum atomic E-state index is -4.09. The Labute approximate surface area is 208 Å². The Balaban J connectivity index is 1.88. The van der Waals surface area contributed by atoms with E-state index in [1.54, 1.807) is 44.2 Å². The molecule has 0 bridgehead atoms. The molecule has 3 aromatic rings. The first-order valence-corrected chi connectivity index (χ1v) is 12.2. The number of halogens is 1. The Morgan fingerprint density at radius 2 is 1.69 bits per heavy atom. The van der Waals surface area contributed by atoms with Gasteiger partial charge in [-0.1, -0.05) is 29.3 Å². The molecule has 0 fully saturated rings. The summed E-state index contributed by atoms with van der Waals surface area (Å²) >= 11 is 6.04. The van der Waals surface area contributed by atoms with E-state index in [2.05, 4.69) is 10.5 Å². The summed E-state index contributed by atoms with van der Waals surface area (Å²) < 4.78 is 28.0. The van der Waals surface area contributed by atoms with Crippen molar-refractivity contribution in [1.82, 2.24) is 5.43 Å². The summed E-state index contributed by atoms with van der Waals surface area (Å²) in [6.07, 6.45) is 0. The summed E-state index contributed by atoms with van der Waals surface area (Å²) in [6, 6.07) is 16.7. The van der Waals surface area contributed by atoms with Gasteiger partial charge in [-0.05, 0) is 74.4 Å². The number of amides is 1. The van der Waals surface area contributed by atoms with Crippen molar-refractivity contribution >= 4 is 44.6 Å². The fourth-order valence-electron chi connectivity index (χ4n) is 3.24. The second kappa shape index (κ2) is 10.7. The number of hydrogen-bond donors (Lipinski definition) is 1. The van der Waals surface area contributed by atoms with Crippen molar-refractivity contribution in [1.29, 1.82) is 0 Å². The second-order valence-corrected chi connectivity index (χ2v) is 10.1. The van der Waals surface area contributed by atoms with E-state index in [9.17, 15) is 23.3 Å². The number of benzene rings is 3. The molecule has 3 aromatic carbocycles. The molecular formula is C24H23ClN4O5S. The van der Waals surface area contributed by atoms with E-state index in [0.717, 1.165) is 9.87 Å². The summed E-state index contributed by atoms with van der Waals surface area (Å²) in [6.45, 7) is 4.63. The lowest BCUT2D eigenvalue weighted by atomic mass is 10.1. The van der Waals surface area contributed by atoms with Gasteiger partial charge in [0, 0.05) is 17.2 Å². The van der Waals surface area contributed by atoms with Crippen molar-refractivity contribution in [3.8, 4) is 0 Å². The Bertz CT molecular complexity index is 1390. The van der Waals surface area contributed by atoms with E-state index < -0.39 is 27.4 Å². The third-order valence-corrected chi connectivity index (χ3v) is 7.18. The fraction of sp³-hybridized carbons (Fsp3) is 0.167. The van der Waals surface area contributed by atoms with E-state index in [1.165, 1.54) is 36.4 Å². The third kappa shape index (κ3) is 6.23. The van der Waals surface area contributed by atoms with Crippen LogP contribution in [0.25, 0.3) is 0 Å². The van der Waals surface area contributed by atoms with E-state index in [0.29, 0.717) is 27.5 Å². The third-order valence-electron chi connectivity index (χ3n) is 5.17. The number of carbonyl (C=O) groups excluding carboxylic acids is 1. The van der Waals surface area contributed by atoms with Gasteiger partial charge in [-0.3, -0.25) is 19.2 Å². The van der Waals surface area contributed by atoms with Crippen LogP contribution in [0.5, 0.6) is 0 Å². The number of non-ortho nitro benzene ring substituents is 1. The first-order valence-electron chi connectivity index (χ1n) is 10.4. The molecule has 0 radical (unpaired) electrons. The lowest BCUT2D eigenvalue weighted by molar-refractivity contribution is -0.384. The first kappa shape index (κ1) is 25.9. The van der Waals surface area contributed by atoms with Crippen LogP contribution in [0, 0.1) is 24.0 Å². The molecular weight excluding hydrogens is 492 g/mol. The molecule has 0 atom stereocenters. The minimum Gasteiger partial charge on any atom is -0.271 e. The van der Waals surface area contributed by atoms with Crippen LogP contribution in [0.15, 0.2) is 76.7 Å². The van der Waals surface area contributed by atoms with E-state index in [-0.39, 0.29) is 10.6 Å². The zero-order valence-electron chi connectivity index (χ0n) is 19.2. The maximum atomic E-state index is 13.5. The number of nitrogens with one attached hydrogen (secondary N) is 1. The van der Waals surface area contributed by atoms with Gasteiger partial charge < -0.3 is 0 Å². The van der Waals surface area contributed by atoms with Gasteiger partial charge in [0.2, 0.25) is 0 Å². The van der Waals surface area contributed by atoms with Crippen molar-refractivity contribution in [3.63, 3.8) is 0 Å². The first-order chi connectivity index (χ1) is 16.5. The molecule has 0 aliphatic carbocycles. The average molecular weight is 515 g/mol. The van der Waals surface area contributed by atoms with Crippen LogP contribution in [0.2, 0.25) is 5.02 Å². The molecule has 0 saturated heterocycles. The van der Waals surface area contributed by atoms with Crippen molar-refractivity contribution < 1.29 is 18.1 Å². The minimum absolute atomic E-state index is 0.0378. The molecule has 1 amide bonds. The number of sulfonamides is 1. The maximum Gasteiger partial charge on any atom is 0.269 e. The second-order valence-electron chi connectivity index (χ2n) is 7.79. The van der Waals surface area contributed by atoms with Crippen LogP contribution in [-0.4, -0.2) is 31.5 Å². The van der Waals surface area contributed by atoms with Gasteiger partial charge in [-0.15, -0.1) is 0 Å². The van der Waals surface area contributed by atoms with Crippen LogP contribution in [0.3, 0.4) is 0 Å². The van der Waals surface area contributed by atoms with Crippen molar-refractivity contribution in [2.45, 2.75) is 25.7 Å². The summed E-state index contributed by atoms with van der Waals surface area (Å²) in [4.78, 5) is 23.1. The fourth-order valence-corrected chi connectivity index (χ4v) is 4.95. The highest BCUT2D eigenvalue weighted by molar-refractivity contribution is 7.92. The predicted octanol–water partition coefficient (Wildman–Crippen LogP) is 4.60. The Morgan fingerprint density at radius 1 is 1.06 bits per heavy atom. The number of aryl methyl sites for hydroxylation is 2. The number of rotatable bonds is 8. The highest BCUT2D eigenvalue weighted by Crippen LogP contribution is 2.29. The smallest absolute Gasteiger partial charge is 0.269 e. The van der Waals surface area contributed by atoms with Crippen LogP contribution in [-0.2, 0) is 14.8 Å². The quantitative estimate of drug-likeness (QED) is 0.267. The van der Waals surface area contributed by atoms with E-state index in [1.807, 2.05) is 6.92 Å². The Kier molecular flexibility index (Phi) is 7.88. The maximum absolute atomic E-state index is 13.5. The molecule has 11 heteroatoms. The van der Waals surface area contributed by atoms with Crippen molar-refractivity contribution in [2.24, 2.45) is 5.10 Å². The average Bonchev–Trinajstić information content (AvgIpc) is 2.81. The lowest BCUT2D eigenvalue weighted by Gasteiger charge is -2.25. The number of anilines is 1. The zero-order chi connectivity index (χ0) is 25.8. The summed E-state index contributed by atoms with van der Waals surface area (Å²) in [5, 5.41) is 15.3. The molecule has 1 N–H and O–H groups in total. The number of nitro benzene ring substituents is 1. The number of carbonyl (C=O) groups is 1. The van der Waals surface area contributed by atoms with Gasteiger partial charge in [0.25, 0.3) is 21.6 Å². The summed E-state index contributed by atoms with van der Waals surface area (Å²) in [5.74, 6) is -0.670. The molecule has 3 rings (SSSR count). The van der Waals surface area contributed by atoms with Gasteiger partial charge >= 0.3 is 0 Å². The highest BCUT2D eigenvalue weighted by atomic mass is 35.5. The lowest BCUT2D eigenvalue weighted by Crippen LogP contribution is -2.40. The summed E-state index contributed by atoms with van der Waals surface area (Å²) in [7, 11) is -4.09. The van der Waals surface area contributed by atoms with Crippen LogP contribution in [0.4, 0.5) is 11.4 Å². The van der Waals surface area contributed by atoms with Crippen LogP contribution < -0.4 is 9.73 Å². The van der Waals surface area contributed by atoms with Crippen LogP contribution in [0.1, 0.15) is 23.6 Å².